The number of hydrogen-bond acceptors (Lipinski definition) is 4. The van der Waals surface area contributed by atoms with E-state index in [9.17, 15) is 8.78 Å². The van der Waals surface area contributed by atoms with Gasteiger partial charge in [-0.1, -0.05) is 19.9 Å². The molecule has 1 rings (SSSR count). The standard InChI is InChI=1S/C14H22F2N2O2/c1-9(2)8-18-11(7-17)10-4-5-12(19-3)13(6-10)20-14(15)16/h4-6,9,11,14,18H,7-8,17H2,1-3H3. The van der Waals surface area contributed by atoms with Crippen LogP contribution in [0.15, 0.2) is 18.2 Å². The van der Waals surface area contributed by atoms with Crippen molar-refractivity contribution in [2.45, 2.75) is 26.5 Å². The first-order valence-electron chi connectivity index (χ1n) is 6.54. The molecule has 0 amide bonds. The van der Waals surface area contributed by atoms with E-state index < -0.39 is 6.61 Å². The van der Waals surface area contributed by atoms with Crippen LogP contribution in [0.1, 0.15) is 25.5 Å². The van der Waals surface area contributed by atoms with E-state index in [-0.39, 0.29) is 17.5 Å². The molecule has 1 unspecified atom stereocenters. The van der Waals surface area contributed by atoms with E-state index in [0.29, 0.717) is 12.5 Å². The number of nitrogens with one attached hydrogen (secondary N) is 1. The zero-order valence-electron chi connectivity index (χ0n) is 12.0. The van der Waals surface area contributed by atoms with E-state index in [1.54, 1.807) is 12.1 Å². The number of ether oxygens (including phenoxy) is 2. The van der Waals surface area contributed by atoms with Gasteiger partial charge in [0.15, 0.2) is 11.5 Å². The van der Waals surface area contributed by atoms with Crippen molar-refractivity contribution in [1.29, 1.82) is 0 Å². The fraction of sp³-hybridized carbons (Fsp3) is 0.571. The Balaban J connectivity index is 2.92. The highest BCUT2D eigenvalue weighted by Crippen LogP contribution is 2.31. The van der Waals surface area contributed by atoms with Crippen molar-refractivity contribution in [2.75, 3.05) is 20.2 Å². The number of rotatable bonds is 8. The molecule has 0 fully saturated rings. The molecule has 0 radical (unpaired) electrons. The Labute approximate surface area is 118 Å². The smallest absolute Gasteiger partial charge is 0.387 e. The Morgan fingerprint density at radius 1 is 1.25 bits per heavy atom. The maximum absolute atomic E-state index is 12.4. The summed E-state index contributed by atoms with van der Waals surface area (Å²) in [7, 11) is 1.41. The van der Waals surface area contributed by atoms with E-state index in [1.807, 2.05) is 0 Å². The summed E-state index contributed by atoms with van der Waals surface area (Å²) in [5.41, 5.74) is 6.53. The van der Waals surface area contributed by atoms with Crippen LogP contribution >= 0.6 is 0 Å². The van der Waals surface area contributed by atoms with Gasteiger partial charge in [-0.2, -0.15) is 8.78 Å². The highest BCUT2D eigenvalue weighted by molar-refractivity contribution is 5.44. The van der Waals surface area contributed by atoms with Gasteiger partial charge in [-0.05, 0) is 30.2 Å². The second-order valence-electron chi connectivity index (χ2n) is 4.88. The molecule has 6 heteroatoms. The minimum atomic E-state index is -2.89. The maximum Gasteiger partial charge on any atom is 0.387 e. The van der Waals surface area contributed by atoms with Gasteiger partial charge in [-0.15, -0.1) is 0 Å². The molecule has 0 spiro atoms. The number of hydrogen-bond donors (Lipinski definition) is 2. The van der Waals surface area contributed by atoms with Gasteiger partial charge in [0.2, 0.25) is 0 Å². The Bertz CT molecular complexity index is 414. The molecule has 20 heavy (non-hydrogen) atoms. The van der Waals surface area contributed by atoms with Gasteiger partial charge < -0.3 is 20.5 Å². The van der Waals surface area contributed by atoms with Gasteiger partial charge in [0.1, 0.15) is 0 Å². The Hall–Kier alpha value is -1.40. The average Bonchev–Trinajstić information content (AvgIpc) is 2.38. The topological polar surface area (TPSA) is 56.5 Å². The quantitative estimate of drug-likeness (QED) is 0.772. The van der Waals surface area contributed by atoms with Gasteiger partial charge in [0.25, 0.3) is 0 Å². The molecule has 3 N–H and O–H groups in total. The predicted molar refractivity (Wildman–Crippen MR) is 74.3 cm³/mol. The summed E-state index contributed by atoms with van der Waals surface area (Å²) < 4.78 is 34.2. The first-order valence-corrected chi connectivity index (χ1v) is 6.54. The number of nitrogens with two attached hydrogens (primary N) is 1. The van der Waals surface area contributed by atoms with Crippen LogP contribution in [0, 0.1) is 5.92 Å². The summed E-state index contributed by atoms with van der Waals surface area (Å²) in [6.07, 6.45) is 0. The summed E-state index contributed by atoms with van der Waals surface area (Å²) in [5, 5.41) is 3.29. The van der Waals surface area contributed by atoms with Crippen molar-refractivity contribution in [3.8, 4) is 11.5 Å². The molecule has 0 saturated carbocycles. The van der Waals surface area contributed by atoms with Crippen molar-refractivity contribution in [3.05, 3.63) is 23.8 Å². The molecule has 0 aliphatic heterocycles. The van der Waals surface area contributed by atoms with Crippen molar-refractivity contribution in [2.24, 2.45) is 11.7 Å². The summed E-state index contributed by atoms with van der Waals surface area (Å²) in [4.78, 5) is 0. The number of alkyl halides is 2. The van der Waals surface area contributed by atoms with Crippen LogP contribution in [0.5, 0.6) is 11.5 Å². The van der Waals surface area contributed by atoms with Gasteiger partial charge >= 0.3 is 6.61 Å². The van der Waals surface area contributed by atoms with E-state index in [1.165, 1.54) is 13.2 Å². The summed E-state index contributed by atoms with van der Waals surface area (Å²) in [5.74, 6) is 0.762. The van der Waals surface area contributed by atoms with Crippen LogP contribution in [-0.4, -0.2) is 26.8 Å². The SMILES string of the molecule is COc1ccc(C(CN)NCC(C)C)cc1OC(F)F. The van der Waals surface area contributed by atoms with E-state index in [0.717, 1.165) is 12.1 Å². The van der Waals surface area contributed by atoms with Crippen molar-refractivity contribution in [1.82, 2.24) is 5.32 Å². The van der Waals surface area contributed by atoms with Crippen LogP contribution in [0.2, 0.25) is 0 Å². The molecule has 1 atom stereocenters. The first kappa shape index (κ1) is 16.7. The monoisotopic (exact) mass is 288 g/mol. The third-order valence-electron chi connectivity index (χ3n) is 2.81. The maximum atomic E-state index is 12.4. The van der Waals surface area contributed by atoms with E-state index in [4.69, 9.17) is 10.5 Å². The largest absolute Gasteiger partial charge is 0.493 e. The van der Waals surface area contributed by atoms with Gasteiger partial charge in [-0.3, -0.25) is 0 Å². The predicted octanol–water partition coefficient (Wildman–Crippen LogP) is 2.54. The minimum absolute atomic E-state index is 0.0183. The van der Waals surface area contributed by atoms with Crippen LogP contribution in [0.3, 0.4) is 0 Å². The van der Waals surface area contributed by atoms with Crippen LogP contribution in [0.4, 0.5) is 8.78 Å². The highest BCUT2D eigenvalue weighted by Gasteiger charge is 2.15. The van der Waals surface area contributed by atoms with Crippen molar-refractivity contribution < 1.29 is 18.3 Å². The summed E-state index contributed by atoms with van der Waals surface area (Å²) in [6, 6.07) is 4.83. The fourth-order valence-corrected chi connectivity index (χ4v) is 1.81. The fourth-order valence-electron chi connectivity index (χ4n) is 1.81. The zero-order valence-corrected chi connectivity index (χ0v) is 12.0. The molecule has 0 bridgehead atoms. The molecular formula is C14H22F2N2O2. The normalized spacial score (nSPS) is 12.8. The third-order valence-corrected chi connectivity index (χ3v) is 2.81. The van der Waals surface area contributed by atoms with Crippen molar-refractivity contribution in [3.63, 3.8) is 0 Å². The lowest BCUT2D eigenvalue weighted by molar-refractivity contribution is -0.0512. The number of benzene rings is 1. The van der Waals surface area contributed by atoms with E-state index in [2.05, 4.69) is 23.9 Å². The van der Waals surface area contributed by atoms with Crippen LogP contribution < -0.4 is 20.5 Å². The van der Waals surface area contributed by atoms with E-state index >= 15 is 0 Å². The van der Waals surface area contributed by atoms with Crippen LogP contribution in [0.25, 0.3) is 0 Å². The molecule has 4 nitrogen and oxygen atoms in total. The molecule has 0 aliphatic carbocycles. The Morgan fingerprint density at radius 2 is 1.95 bits per heavy atom. The average molecular weight is 288 g/mol. The molecule has 0 heterocycles. The molecule has 0 aliphatic rings. The highest BCUT2D eigenvalue weighted by atomic mass is 19.3. The first-order chi connectivity index (χ1) is 9.47. The minimum Gasteiger partial charge on any atom is -0.493 e. The third kappa shape index (κ3) is 4.94. The lowest BCUT2D eigenvalue weighted by Crippen LogP contribution is -2.31. The number of halogens is 2. The molecule has 0 aromatic heterocycles. The van der Waals surface area contributed by atoms with Gasteiger partial charge in [-0.25, -0.2) is 0 Å². The lowest BCUT2D eigenvalue weighted by Gasteiger charge is -2.20. The molecule has 1 aromatic rings. The summed E-state index contributed by atoms with van der Waals surface area (Å²) >= 11 is 0. The van der Waals surface area contributed by atoms with Crippen molar-refractivity contribution >= 4 is 0 Å². The van der Waals surface area contributed by atoms with Crippen LogP contribution in [-0.2, 0) is 0 Å². The zero-order chi connectivity index (χ0) is 15.1. The molecular weight excluding hydrogens is 266 g/mol. The van der Waals surface area contributed by atoms with Gasteiger partial charge in [0, 0.05) is 12.6 Å². The molecule has 1 aromatic carbocycles. The summed E-state index contributed by atoms with van der Waals surface area (Å²) in [6.45, 7) is 2.44. The second-order valence-corrected chi connectivity index (χ2v) is 4.88. The molecule has 114 valence electrons. The van der Waals surface area contributed by atoms with Gasteiger partial charge in [0.05, 0.1) is 7.11 Å². The Morgan fingerprint density at radius 3 is 2.45 bits per heavy atom. The second kappa shape index (κ2) is 8.01. The molecule has 0 saturated heterocycles. The lowest BCUT2D eigenvalue weighted by atomic mass is 10.1. The number of methoxy groups -OCH3 is 1. The Kier molecular flexibility index (Phi) is 6.67.